The highest BCUT2D eigenvalue weighted by Gasteiger charge is 2.51. The Bertz CT molecular complexity index is 1750. The summed E-state index contributed by atoms with van der Waals surface area (Å²) in [4.78, 5) is 35.9. The van der Waals surface area contributed by atoms with Gasteiger partial charge in [-0.3, -0.25) is 18.9 Å². The number of nitrogen functional groups attached to an aromatic ring is 2. The van der Waals surface area contributed by atoms with Crippen LogP contribution >= 0.6 is 39.7 Å². The van der Waals surface area contributed by atoms with Crippen molar-refractivity contribution in [2.75, 3.05) is 31.2 Å². The van der Waals surface area contributed by atoms with E-state index in [0.29, 0.717) is 24.1 Å². The Balaban J connectivity index is 1.17. The molecule has 3 aliphatic rings. The SMILES string of the molecule is NCCC1C2COP(S)OC3C(COP(S)OC1C(n1cnc4c(=O)[nH]c(N)nc41)O2)OC(n1cnc2c(N)ncnc21)C3O. The number of nitrogens with one attached hydrogen (secondary N) is 1. The fraction of sp³-hybridized carbons (Fsp3) is 0.545. The van der Waals surface area contributed by atoms with Crippen molar-refractivity contribution >= 4 is 73.7 Å². The average Bonchev–Trinajstić information content (AvgIpc) is 3.77. The van der Waals surface area contributed by atoms with Gasteiger partial charge >= 0.3 is 0 Å². The number of nitrogens with two attached hydrogens (primary N) is 3. The summed E-state index contributed by atoms with van der Waals surface area (Å²) in [6.07, 6.45) is -1.17. The van der Waals surface area contributed by atoms with E-state index >= 15 is 0 Å². The van der Waals surface area contributed by atoms with Crippen molar-refractivity contribution in [2.24, 2.45) is 11.7 Å². The fourth-order valence-electron chi connectivity index (χ4n) is 5.78. The normalized spacial score (nSPS) is 34.4. The minimum atomic E-state index is -1.85. The van der Waals surface area contributed by atoms with Crippen LogP contribution in [0.25, 0.3) is 22.3 Å². The molecule has 19 nitrogen and oxygen atoms in total. The third-order valence-corrected chi connectivity index (χ3v) is 10.7. The van der Waals surface area contributed by atoms with Crippen LogP contribution in [0.5, 0.6) is 0 Å². The molecule has 3 fully saturated rings. The molecule has 3 saturated heterocycles. The van der Waals surface area contributed by atoms with E-state index in [0.717, 1.165) is 0 Å². The molecule has 3 aliphatic heterocycles. The summed E-state index contributed by atoms with van der Waals surface area (Å²) in [5.41, 5.74) is 18.3. The molecule has 0 saturated carbocycles. The van der Waals surface area contributed by atoms with Gasteiger partial charge in [0, 0.05) is 5.92 Å². The molecule has 10 unspecified atom stereocenters. The van der Waals surface area contributed by atoms with Crippen molar-refractivity contribution in [1.29, 1.82) is 0 Å². The molecule has 10 atom stereocenters. The largest absolute Gasteiger partial charge is 0.386 e. The number of fused-ring (bicyclic) bond motifs is 5. The zero-order valence-electron chi connectivity index (χ0n) is 23.1. The van der Waals surface area contributed by atoms with Gasteiger partial charge in [-0.25, -0.2) is 19.9 Å². The summed E-state index contributed by atoms with van der Waals surface area (Å²) in [6.45, 7) is 0.304. The lowest BCUT2D eigenvalue weighted by atomic mass is 9.94. The van der Waals surface area contributed by atoms with E-state index in [1.807, 2.05) is 0 Å². The second kappa shape index (κ2) is 12.7. The average molecular weight is 702 g/mol. The van der Waals surface area contributed by atoms with Crippen LogP contribution in [-0.4, -0.2) is 94.4 Å². The van der Waals surface area contributed by atoms with Crippen LogP contribution < -0.4 is 22.8 Å². The molecule has 0 amide bonds. The van der Waals surface area contributed by atoms with E-state index in [1.54, 1.807) is 9.13 Å². The standard InChI is InChI=1S/C22H29N11O8P2S2/c23-2-1-8-9-3-36-43(45)41-15-10(39-20(13(15)34)32-6-28-11-16(24)26-5-27-17(11)32)4-37-42(44)40-14(8)21(38-9)33-7-29-12-18(33)30-22(25)31-19(12)35/h5-10,13-15,20-21,34,44-45H,1-4,23H2,(H2,24,26,27)(H3,25,30,31,35). The number of rotatable bonds is 4. The summed E-state index contributed by atoms with van der Waals surface area (Å²) >= 11 is 9.17. The van der Waals surface area contributed by atoms with Crippen molar-refractivity contribution in [3.8, 4) is 0 Å². The van der Waals surface area contributed by atoms with Gasteiger partial charge in [0.1, 0.15) is 36.3 Å². The number of ether oxygens (including phenoxy) is 2. The highest BCUT2D eigenvalue weighted by Crippen LogP contribution is 2.54. The second-order valence-electron chi connectivity index (χ2n) is 10.4. The van der Waals surface area contributed by atoms with Crippen LogP contribution in [0.15, 0.2) is 23.8 Å². The van der Waals surface area contributed by atoms with Gasteiger partial charge in [0.25, 0.3) is 5.56 Å². The van der Waals surface area contributed by atoms with E-state index in [1.165, 1.54) is 19.0 Å². The maximum absolute atomic E-state index is 12.5. The number of aliphatic hydroxyl groups is 1. The molecule has 7 rings (SSSR count). The molecule has 0 spiro atoms. The Morgan fingerprint density at radius 2 is 1.60 bits per heavy atom. The molecule has 2 bridgehead atoms. The molecule has 4 aromatic rings. The van der Waals surface area contributed by atoms with E-state index in [2.05, 4.69) is 54.4 Å². The van der Waals surface area contributed by atoms with Gasteiger partial charge in [0.2, 0.25) is 21.1 Å². The maximum atomic E-state index is 12.5. The van der Waals surface area contributed by atoms with Gasteiger partial charge in [0.05, 0.1) is 32.0 Å². The number of hydrogen-bond acceptors (Lipinski definition) is 18. The fourth-order valence-corrected chi connectivity index (χ4v) is 8.44. The topological polar surface area (TPSA) is 261 Å². The van der Waals surface area contributed by atoms with Gasteiger partial charge in [0.15, 0.2) is 35.1 Å². The van der Waals surface area contributed by atoms with Crippen LogP contribution in [0.2, 0.25) is 0 Å². The molecule has 7 heterocycles. The molecule has 0 aromatic carbocycles. The quantitative estimate of drug-likeness (QED) is 0.112. The summed E-state index contributed by atoms with van der Waals surface area (Å²) in [5.74, 6) is -0.171. The van der Waals surface area contributed by atoms with Crippen molar-refractivity contribution in [2.45, 2.75) is 49.4 Å². The third-order valence-electron chi connectivity index (χ3n) is 7.81. The predicted octanol–water partition coefficient (Wildman–Crippen LogP) is 0.375. The summed E-state index contributed by atoms with van der Waals surface area (Å²) in [5, 5.41) is 11.4. The summed E-state index contributed by atoms with van der Waals surface area (Å²) in [6, 6.07) is 0. The van der Waals surface area contributed by atoms with E-state index in [-0.39, 0.29) is 42.1 Å². The van der Waals surface area contributed by atoms with Crippen LogP contribution in [0.1, 0.15) is 18.9 Å². The van der Waals surface area contributed by atoms with Gasteiger partial charge in [-0.2, -0.15) is 4.98 Å². The lowest BCUT2D eigenvalue weighted by Gasteiger charge is -2.27. The molecule has 4 aromatic heterocycles. The molecule has 242 valence electrons. The smallest absolute Gasteiger partial charge is 0.280 e. The van der Waals surface area contributed by atoms with Crippen molar-refractivity contribution in [3.05, 3.63) is 29.3 Å². The predicted molar refractivity (Wildman–Crippen MR) is 167 cm³/mol. The number of aromatic nitrogens is 8. The molecular weight excluding hydrogens is 672 g/mol. The number of H-pyrrole nitrogens is 1. The highest BCUT2D eigenvalue weighted by molar-refractivity contribution is 8.42. The zero-order valence-corrected chi connectivity index (χ0v) is 26.7. The van der Waals surface area contributed by atoms with E-state index in [9.17, 15) is 9.90 Å². The van der Waals surface area contributed by atoms with E-state index in [4.69, 9.17) is 44.8 Å². The van der Waals surface area contributed by atoms with Crippen molar-refractivity contribution in [1.82, 2.24) is 39.0 Å². The van der Waals surface area contributed by atoms with Crippen LogP contribution in [0.4, 0.5) is 11.8 Å². The number of aromatic amines is 1. The Labute approximate surface area is 266 Å². The Hall–Kier alpha value is -2.26. The maximum Gasteiger partial charge on any atom is 0.280 e. The summed E-state index contributed by atoms with van der Waals surface area (Å²) < 4.78 is 40.4. The monoisotopic (exact) mass is 701 g/mol. The number of aliphatic hydroxyl groups excluding tert-OH is 1. The molecule has 0 aliphatic carbocycles. The number of thiol groups is 2. The van der Waals surface area contributed by atoms with Crippen LogP contribution in [0.3, 0.4) is 0 Å². The van der Waals surface area contributed by atoms with Crippen molar-refractivity contribution in [3.63, 3.8) is 0 Å². The lowest BCUT2D eigenvalue weighted by Crippen LogP contribution is -2.35. The third kappa shape index (κ3) is 5.79. The minimum absolute atomic E-state index is 0.0461. The first kappa shape index (κ1) is 31.3. The molecule has 8 N–H and O–H groups in total. The Morgan fingerprint density at radius 3 is 2.36 bits per heavy atom. The first-order valence-corrected chi connectivity index (χ1v) is 18.3. The van der Waals surface area contributed by atoms with E-state index < -0.39 is 63.7 Å². The first-order valence-electron chi connectivity index (χ1n) is 13.6. The molecule has 23 heteroatoms. The molecule has 0 radical (unpaired) electrons. The van der Waals surface area contributed by atoms with Gasteiger partial charge in [-0.05, 0) is 13.0 Å². The zero-order chi connectivity index (χ0) is 31.4. The first-order chi connectivity index (χ1) is 21.7. The molecule has 45 heavy (non-hydrogen) atoms. The number of anilines is 2. The number of nitrogens with zero attached hydrogens (tertiary/aromatic N) is 7. The Kier molecular flexibility index (Phi) is 8.87. The highest BCUT2D eigenvalue weighted by atomic mass is 32.7. The van der Waals surface area contributed by atoms with Gasteiger partial charge < -0.3 is 49.9 Å². The number of imidazole rings is 2. The minimum Gasteiger partial charge on any atom is -0.386 e. The van der Waals surface area contributed by atoms with Crippen LogP contribution in [-0.2, 0) is 27.6 Å². The second-order valence-corrected chi connectivity index (χ2v) is 14.3. The van der Waals surface area contributed by atoms with Crippen molar-refractivity contribution < 1.29 is 32.7 Å². The van der Waals surface area contributed by atoms with Gasteiger partial charge in [-0.15, -0.1) is 0 Å². The summed E-state index contributed by atoms with van der Waals surface area (Å²) in [7, 11) is -3.70. The van der Waals surface area contributed by atoms with Crippen LogP contribution in [0, 0.1) is 5.92 Å². The number of hydrogen-bond donors (Lipinski definition) is 7. The Morgan fingerprint density at radius 1 is 0.933 bits per heavy atom. The van der Waals surface area contributed by atoms with Gasteiger partial charge in [-0.1, -0.05) is 24.5 Å². The molecular formula is C22H29N11O8P2S2. The lowest BCUT2D eigenvalue weighted by molar-refractivity contribution is -0.0533.